The zero-order chi connectivity index (χ0) is 15.2. The van der Waals surface area contributed by atoms with E-state index in [-0.39, 0.29) is 5.91 Å². The number of carbonyl (C=O) groups excluding carboxylic acids is 1. The number of aryl methyl sites for hydroxylation is 1. The fourth-order valence-electron chi connectivity index (χ4n) is 1.92. The predicted octanol–water partition coefficient (Wildman–Crippen LogP) is 3.50. The van der Waals surface area contributed by atoms with Gasteiger partial charge in [0, 0.05) is 6.42 Å². The van der Waals surface area contributed by atoms with Crippen molar-refractivity contribution < 1.29 is 9.53 Å². The minimum atomic E-state index is -0.120. The first kappa shape index (κ1) is 15.2. The largest absolute Gasteiger partial charge is 0.497 e. The number of nitrogen functional groups attached to an aromatic ring is 1. The van der Waals surface area contributed by atoms with Crippen LogP contribution in [0, 0.1) is 0 Å². The smallest absolute Gasteiger partial charge is 0.224 e. The number of para-hydroxylation sites is 1. The number of anilines is 2. The quantitative estimate of drug-likeness (QED) is 0.831. The molecule has 0 heterocycles. The third-order valence-electron chi connectivity index (χ3n) is 3.11. The second kappa shape index (κ2) is 6.99. The van der Waals surface area contributed by atoms with Gasteiger partial charge in [0.05, 0.1) is 23.5 Å². The highest BCUT2D eigenvalue weighted by atomic mass is 35.5. The Morgan fingerprint density at radius 1 is 1.24 bits per heavy atom. The van der Waals surface area contributed by atoms with E-state index < -0.39 is 0 Å². The number of rotatable bonds is 5. The molecule has 110 valence electrons. The molecule has 5 heteroatoms. The van der Waals surface area contributed by atoms with Gasteiger partial charge in [0.15, 0.2) is 0 Å². The third-order valence-corrected chi connectivity index (χ3v) is 3.43. The summed E-state index contributed by atoms with van der Waals surface area (Å²) in [5.74, 6) is 0.678. The Labute approximate surface area is 128 Å². The van der Waals surface area contributed by atoms with Crippen molar-refractivity contribution in [2.24, 2.45) is 0 Å². The van der Waals surface area contributed by atoms with Crippen LogP contribution in [0.25, 0.3) is 0 Å². The topological polar surface area (TPSA) is 64.3 Å². The van der Waals surface area contributed by atoms with E-state index in [0.29, 0.717) is 29.2 Å². The van der Waals surface area contributed by atoms with Crippen LogP contribution in [0.2, 0.25) is 5.02 Å². The number of halogens is 1. The number of nitrogens with one attached hydrogen (secondary N) is 1. The Balaban J connectivity index is 1.92. The van der Waals surface area contributed by atoms with Crippen molar-refractivity contribution in [3.8, 4) is 5.75 Å². The maximum absolute atomic E-state index is 12.0. The van der Waals surface area contributed by atoms with E-state index in [1.807, 2.05) is 24.3 Å². The molecule has 0 atom stereocenters. The molecule has 1 amide bonds. The summed E-state index contributed by atoms with van der Waals surface area (Å²) in [6, 6.07) is 12.8. The van der Waals surface area contributed by atoms with Crippen LogP contribution in [-0.2, 0) is 11.2 Å². The molecular weight excluding hydrogens is 288 g/mol. The molecule has 0 fully saturated rings. The Bertz CT molecular complexity index is 606. The van der Waals surface area contributed by atoms with Crippen molar-refractivity contribution in [1.82, 2.24) is 0 Å². The van der Waals surface area contributed by atoms with Gasteiger partial charge in [-0.15, -0.1) is 0 Å². The normalized spacial score (nSPS) is 10.2. The third kappa shape index (κ3) is 4.13. The first-order valence-corrected chi connectivity index (χ1v) is 6.94. The molecule has 0 bridgehead atoms. The summed E-state index contributed by atoms with van der Waals surface area (Å²) in [6.45, 7) is 0. The highest BCUT2D eigenvalue weighted by Gasteiger charge is 2.09. The van der Waals surface area contributed by atoms with Gasteiger partial charge in [-0.2, -0.15) is 0 Å². The molecule has 0 aromatic heterocycles. The number of benzene rings is 2. The Morgan fingerprint density at radius 3 is 2.57 bits per heavy atom. The van der Waals surface area contributed by atoms with Crippen LogP contribution in [0.4, 0.5) is 11.4 Å². The van der Waals surface area contributed by atoms with Crippen molar-refractivity contribution in [1.29, 1.82) is 0 Å². The standard InChI is InChI=1S/C16H17ClN2O2/c1-21-12-8-5-11(6-9-12)7-10-15(20)19-16-13(17)3-2-4-14(16)18/h2-6,8-9H,7,10,18H2,1H3,(H,19,20). The van der Waals surface area contributed by atoms with Crippen molar-refractivity contribution >= 4 is 28.9 Å². The predicted molar refractivity (Wildman–Crippen MR) is 85.8 cm³/mol. The van der Waals surface area contributed by atoms with Crippen LogP contribution in [0.1, 0.15) is 12.0 Å². The van der Waals surface area contributed by atoms with E-state index in [1.54, 1.807) is 25.3 Å². The van der Waals surface area contributed by atoms with Crippen LogP contribution >= 0.6 is 11.6 Å². The van der Waals surface area contributed by atoms with Gasteiger partial charge < -0.3 is 15.8 Å². The molecule has 0 saturated carbocycles. The van der Waals surface area contributed by atoms with Crippen LogP contribution in [0.15, 0.2) is 42.5 Å². The van der Waals surface area contributed by atoms with Crippen molar-refractivity contribution in [2.45, 2.75) is 12.8 Å². The van der Waals surface area contributed by atoms with Crippen LogP contribution in [-0.4, -0.2) is 13.0 Å². The second-order valence-corrected chi connectivity index (χ2v) is 5.01. The summed E-state index contributed by atoms with van der Waals surface area (Å²) < 4.78 is 5.09. The number of methoxy groups -OCH3 is 1. The molecule has 0 saturated heterocycles. The van der Waals surface area contributed by atoms with E-state index >= 15 is 0 Å². The number of ether oxygens (including phenoxy) is 1. The molecule has 2 rings (SSSR count). The van der Waals surface area contributed by atoms with E-state index in [4.69, 9.17) is 22.1 Å². The van der Waals surface area contributed by atoms with E-state index in [2.05, 4.69) is 5.32 Å². The first-order chi connectivity index (χ1) is 10.1. The lowest BCUT2D eigenvalue weighted by atomic mass is 10.1. The molecule has 0 aliphatic rings. The summed E-state index contributed by atoms with van der Waals surface area (Å²) in [4.78, 5) is 12.0. The maximum Gasteiger partial charge on any atom is 0.224 e. The summed E-state index contributed by atoms with van der Waals surface area (Å²) in [5, 5.41) is 3.19. The fourth-order valence-corrected chi connectivity index (χ4v) is 2.15. The minimum absolute atomic E-state index is 0.120. The van der Waals surface area contributed by atoms with Gasteiger partial charge in [0.25, 0.3) is 0 Å². The number of nitrogens with two attached hydrogens (primary N) is 1. The molecule has 0 aliphatic carbocycles. The van der Waals surface area contributed by atoms with Crippen molar-refractivity contribution in [3.63, 3.8) is 0 Å². The van der Waals surface area contributed by atoms with Gasteiger partial charge in [-0.25, -0.2) is 0 Å². The lowest BCUT2D eigenvalue weighted by molar-refractivity contribution is -0.116. The SMILES string of the molecule is COc1ccc(CCC(=O)Nc2c(N)cccc2Cl)cc1. The van der Waals surface area contributed by atoms with Gasteiger partial charge in [-0.1, -0.05) is 29.8 Å². The summed E-state index contributed by atoms with van der Waals surface area (Å²) in [6.07, 6.45) is 0.997. The second-order valence-electron chi connectivity index (χ2n) is 4.60. The zero-order valence-electron chi connectivity index (χ0n) is 11.7. The number of amides is 1. The van der Waals surface area contributed by atoms with Gasteiger partial charge in [-0.3, -0.25) is 4.79 Å². The summed E-state index contributed by atoms with van der Waals surface area (Å²) in [5.41, 5.74) is 7.79. The van der Waals surface area contributed by atoms with E-state index in [1.165, 1.54) is 0 Å². The van der Waals surface area contributed by atoms with Crippen LogP contribution < -0.4 is 15.8 Å². The molecule has 0 unspecified atom stereocenters. The van der Waals surface area contributed by atoms with E-state index in [9.17, 15) is 4.79 Å². The molecule has 0 aliphatic heterocycles. The lowest BCUT2D eigenvalue weighted by Gasteiger charge is -2.10. The molecule has 2 aromatic rings. The number of hydrogen-bond donors (Lipinski definition) is 2. The molecule has 3 N–H and O–H groups in total. The molecule has 0 radical (unpaired) electrons. The molecule has 21 heavy (non-hydrogen) atoms. The van der Waals surface area contributed by atoms with Crippen LogP contribution in [0.5, 0.6) is 5.75 Å². The van der Waals surface area contributed by atoms with Crippen LogP contribution in [0.3, 0.4) is 0 Å². The Kier molecular flexibility index (Phi) is 5.06. The van der Waals surface area contributed by atoms with Gasteiger partial charge in [0.1, 0.15) is 5.75 Å². The van der Waals surface area contributed by atoms with Crippen molar-refractivity contribution in [2.75, 3.05) is 18.2 Å². The average Bonchev–Trinajstić information content (AvgIpc) is 2.49. The molecule has 4 nitrogen and oxygen atoms in total. The summed E-state index contributed by atoms with van der Waals surface area (Å²) >= 11 is 6.02. The monoisotopic (exact) mass is 304 g/mol. The number of carbonyl (C=O) groups is 1. The van der Waals surface area contributed by atoms with Gasteiger partial charge >= 0.3 is 0 Å². The summed E-state index contributed by atoms with van der Waals surface area (Å²) in [7, 11) is 1.62. The average molecular weight is 305 g/mol. The minimum Gasteiger partial charge on any atom is -0.497 e. The highest BCUT2D eigenvalue weighted by molar-refractivity contribution is 6.34. The first-order valence-electron chi connectivity index (χ1n) is 6.57. The lowest BCUT2D eigenvalue weighted by Crippen LogP contribution is -2.14. The number of hydrogen-bond acceptors (Lipinski definition) is 3. The Morgan fingerprint density at radius 2 is 1.95 bits per heavy atom. The zero-order valence-corrected chi connectivity index (χ0v) is 12.5. The van der Waals surface area contributed by atoms with Crippen molar-refractivity contribution in [3.05, 3.63) is 53.1 Å². The van der Waals surface area contributed by atoms with Gasteiger partial charge in [0.2, 0.25) is 5.91 Å². The highest BCUT2D eigenvalue weighted by Crippen LogP contribution is 2.27. The molecule has 2 aromatic carbocycles. The Hall–Kier alpha value is -2.20. The molecule has 0 spiro atoms. The van der Waals surface area contributed by atoms with Gasteiger partial charge in [-0.05, 0) is 36.2 Å². The van der Waals surface area contributed by atoms with E-state index in [0.717, 1.165) is 11.3 Å². The molecular formula is C16H17ClN2O2. The fraction of sp³-hybridized carbons (Fsp3) is 0.188. The maximum atomic E-state index is 12.0.